The first kappa shape index (κ1) is 26.0. The topological polar surface area (TPSA) is 111 Å². The van der Waals surface area contributed by atoms with Gasteiger partial charge in [-0.25, -0.2) is 9.78 Å². The van der Waals surface area contributed by atoms with Crippen molar-refractivity contribution in [1.29, 1.82) is 0 Å². The monoisotopic (exact) mass is 604 g/mol. The van der Waals surface area contributed by atoms with E-state index >= 15 is 0 Å². The molecule has 3 aromatic heterocycles. The van der Waals surface area contributed by atoms with Gasteiger partial charge in [0.25, 0.3) is 0 Å². The summed E-state index contributed by atoms with van der Waals surface area (Å²) in [6.07, 6.45) is 9.70. The first-order valence-electron chi connectivity index (χ1n) is 14.1. The Morgan fingerprint density at radius 2 is 1.86 bits per heavy atom. The van der Waals surface area contributed by atoms with Gasteiger partial charge in [-0.2, -0.15) is 0 Å². The number of fused-ring (bicyclic) bond motifs is 2. The number of hydrogen-bond donors (Lipinski definition) is 1. The van der Waals surface area contributed by atoms with E-state index in [1.54, 1.807) is 12.4 Å². The molecule has 0 spiro atoms. The van der Waals surface area contributed by atoms with Crippen molar-refractivity contribution in [2.75, 3.05) is 31.2 Å². The summed E-state index contributed by atoms with van der Waals surface area (Å²) in [7, 11) is 0. The molecule has 2 aliphatic carbocycles. The Morgan fingerprint density at radius 3 is 2.52 bits per heavy atom. The molecule has 2 atom stereocenters. The van der Waals surface area contributed by atoms with Crippen molar-refractivity contribution in [2.24, 2.45) is 17.8 Å². The largest absolute Gasteiger partial charge is 0.485 e. The van der Waals surface area contributed by atoms with E-state index in [2.05, 4.69) is 38.2 Å². The summed E-state index contributed by atoms with van der Waals surface area (Å²) in [4.78, 5) is 22.4. The Hall–Kier alpha value is -3.66. The summed E-state index contributed by atoms with van der Waals surface area (Å²) in [5.41, 5.74) is 3.93. The SMILES string of the molecule is O=C(O)c1cc(OC2COC2)c2cc(N3CC4C(C=Cc5c(-c6c(Cl)cncc6Cl)noc5C5CC5)C4C3)ccc2n1. The second kappa shape index (κ2) is 9.97. The van der Waals surface area contributed by atoms with Crippen LogP contribution in [0.4, 0.5) is 5.69 Å². The van der Waals surface area contributed by atoms with Crippen LogP contribution in [0.25, 0.3) is 28.2 Å². The average Bonchev–Trinajstić information content (AvgIpc) is 3.82. The number of benzene rings is 1. The molecule has 11 heteroatoms. The highest BCUT2D eigenvalue weighted by atomic mass is 35.5. The molecule has 0 amide bonds. The van der Waals surface area contributed by atoms with Crippen LogP contribution in [0.5, 0.6) is 5.75 Å². The minimum atomic E-state index is -1.08. The van der Waals surface area contributed by atoms with Crippen LogP contribution in [-0.2, 0) is 4.74 Å². The van der Waals surface area contributed by atoms with Crippen molar-refractivity contribution in [3.05, 3.63) is 69.8 Å². The van der Waals surface area contributed by atoms with E-state index in [0.29, 0.717) is 69.5 Å². The number of anilines is 1. The maximum absolute atomic E-state index is 11.6. The van der Waals surface area contributed by atoms with E-state index in [0.717, 1.165) is 48.3 Å². The number of carbonyl (C=O) groups is 1. The maximum atomic E-state index is 11.6. The highest BCUT2D eigenvalue weighted by molar-refractivity contribution is 6.39. The minimum absolute atomic E-state index is 0.0307. The minimum Gasteiger partial charge on any atom is -0.485 e. The second-order valence-electron chi connectivity index (χ2n) is 11.5. The molecular weight excluding hydrogens is 579 g/mol. The van der Waals surface area contributed by atoms with Gasteiger partial charge in [0, 0.05) is 59.7 Å². The number of nitrogens with zero attached hydrogens (tertiary/aromatic N) is 4. The lowest BCUT2D eigenvalue weighted by Crippen LogP contribution is -2.38. The molecule has 42 heavy (non-hydrogen) atoms. The number of ether oxygens (including phenoxy) is 2. The molecule has 0 bridgehead atoms. The van der Waals surface area contributed by atoms with Gasteiger partial charge >= 0.3 is 5.97 Å². The molecule has 4 aliphatic rings. The highest BCUT2D eigenvalue weighted by Crippen LogP contribution is 2.54. The van der Waals surface area contributed by atoms with E-state index in [-0.39, 0.29) is 11.8 Å². The van der Waals surface area contributed by atoms with Gasteiger partial charge in [0.05, 0.1) is 28.8 Å². The van der Waals surface area contributed by atoms with Crippen LogP contribution in [0, 0.1) is 17.8 Å². The van der Waals surface area contributed by atoms with E-state index in [9.17, 15) is 9.90 Å². The number of hydrogen-bond acceptors (Lipinski definition) is 8. The number of allylic oxidation sites excluding steroid dienone is 1. The molecule has 2 saturated heterocycles. The van der Waals surface area contributed by atoms with Gasteiger partial charge in [0.1, 0.15) is 23.3 Å². The number of carboxylic acid groups (broad SMARTS) is 1. The van der Waals surface area contributed by atoms with Crippen LogP contribution in [0.1, 0.15) is 40.6 Å². The molecule has 4 aromatic rings. The van der Waals surface area contributed by atoms with Gasteiger partial charge in [-0.3, -0.25) is 4.98 Å². The fourth-order valence-electron chi connectivity index (χ4n) is 6.25. The maximum Gasteiger partial charge on any atom is 0.354 e. The number of piperidine rings is 1. The zero-order chi connectivity index (χ0) is 28.5. The third-order valence-electron chi connectivity index (χ3n) is 8.78. The lowest BCUT2D eigenvalue weighted by atomic mass is 10.0. The van der Waals surface area contributed by atoms with Crippen LogP contribution in [0.2, 0.25) is 10.0 Å². The fourth-order valence-corrected chi connectivity index (χ4v) is 6.80. The Kier molecular flexibility index (Phi) is 6.17. The van der Waals surface area contributed by atoms with Crippen molar-refractivity contribution < 1.29 is 23.9 Å². The molecule has 8 rings (SSSR count). The molecule has 0 radical (unpaired) electrons. The molecular formula is C31H26Cl2N4O5. The quantitative estimate of drug-likeness (QED) is 0.246. The lowest BCUT2D eigenvalue weighted by molar-refractivity contribution is -0.0791. The summed E-state index contributed by atoms with van der Waals surface area (Å²) >= 11 is 12.9. The predicted octanol–water partition coefficient (Wildman–Crippen LogP) is 6.34. The molecule has 1 aromatic carbocycles. The molecule has 5 heterocycles. The zero-order valence-electron chi connectivity index (χ0n) is 22.4. The molecule has 1 N–H and O–H groups in total. The first-order valence-corrected chi connectivity index (χ1v) is 14.8. The zero-order valence-corrected chi connectivity index (χ0v) is 23.9. The summed E-state index contributed by atoms with van der Waals surface area (Å²) in [5.74, 6) is 2.31. The van der Waals surface area contributed by atoms with Crippen LogP contribution < -0.4 is 9.64 Å². The summed E-state index contributed by atoms with van der Waals surface area (Å²) in [6.45, 7) is 2.87. The number of halogens is 2. The van der Waals surface area contributed by atoms with E-state index in [4.69, 9.17) is 37.2 Å². The Balaban J connectivity index is 1.02. The number of aromatic nitrogens is 3. The molecule has 2 unspecified atom stereocenters. The molecule has 2 saturated carbocycles. The van der Waals surface area contributed by atoms with Crippen LogP contribution in [0.3, 0.4) is 0 Å². The van der Waals surface area contributed by atoms with Gasteiger partial charge in [-0.1, -0.05) is 40.5 Å². The summed E-state index contributed by atoms with van der Waals surface area (Å²) < 4.78 is 17.1. The van der Waals surface area contributed by atoms with Crippen molar-refractivity contribution >= 4 is 51.8 Å². The number of aromatic carboxylic acids is 1. The Morgan fingerprint density at radius 1 is 1.10 bits per heavy atom. The molecule has 9 nitrogen and oxygen atoms in total. The third-order valence-corrected chi connectivity index (χ3v) is 9.35. The number of pyridine rings is 2. The second-order valence-corrected chi connectivity index (χ2v) is 12.3. The van der Waals surface area contributed by atoms with Gasteiger partial charge < -0.3 is 24.0 Å². The Labute approximate surface area is 251 Å². The average molecular weight is 605 g/mol. The van der Waals surface area contributed by atoms with Crippen molar-refractivity contribution in [1.82, 2.24) is 15.1 Å². The van der Waals surface area contributed by atoms with Crippen molar-refractivity contribution in [3.63, 3.8) is 0 Å². The molecule has 2 aliphatic heterocycles. The highest BCUT2D eigenvalue weighted by Gasteiger charge is 2.54. The Bertz CT molecular complexity index is 1730. The first-order chi connectivity index (χ1) is 20.4. The number of rotatable bonds is 8. The lowest BCUT2D eigenvalue weighted by Gasteiger charge is -2.28. The van der Waals surface area contributed by atoms with E-state index in [1.807, 2.05) is 12.1 Å². The third kappa shape index (κ3) is 4.51. The summed E-state index contributed by atoms with van der Waals surface area (Å²) in [5, 5.41) is 15.6. The molecule has 214 valence electrons. The predicted molar refractivity (Wildman–Crippen MR) is 157 cm³/mol. The normalized spacial score (nSPS) is 23.4. The van der Waals surface area contributed by atoms with Gasteiger partial charge in [0.15, 0.2) is 5.69 Å². The van der Waals surface area contributed by atoms with Crippen LogP contribution in [-0.4, -0.2) is 58.6 Å². The molecule has 4 fully saturated rings. The van der Waals surface area contributed by atoms with Gasteiger partial charge in [-0.15, -0.1) is 0 Å². The van der Waals surface area contributed by atoms with E-state index in [1.165, 1.54) is 6.07 Å². The van der Waals surface area contributed by atoms with Crippen LogP contribution >= 0.6 is 23.2 Å². The van der Waals surface area contributed by atoms with Crippen molar-refractivity contribution in [2.45, 2.75) is 24.9 Å². The number of carboxylic acids is 1. The van der Waals surface area contributed by atoms with Crippen LogP contribution in [0.15, 0.2) is 47.3 Å². The van der Waals surface area contributed by atoms with Gasteiger partial charge in [-0.05, 0) is 48.8 Å². The summed E-state index contributed by atoms with van der Waals surface area (Å²) in [6, 6.07) is 7.47. The fraction of sp³-hybridized carbons (Fsp3) is 0.355. The smallest absolute Gasteiger partial charge is 0.354 e. The standard InChI is InChI=1S/C31H26Cl2N4O5/c32-23-9-34-10-24(33)28(23)29-19(30(42-36-29)15-1-2-15)5-4-18-21-11-37(12-22(18)21)16-3-6-25-20(7-16)27(41-17-13-40-14-17)8-26(35-25)31(38)39/h3-10,15,17-18,21-22H,1-2,11-14H2,(H,38,39). The van der Waals surface area contributed by atoms with Crippen molar-refractivity contribution in [3.8, 4) is 17.0 Å². The van der Waals surface area contributed by atoms with E-state index < -0.39 is 5.97 Å². The van der Waals surface area contributed by atoms with Gasteiger partial charge in [0.2, 0.25) is 0 Å².